The summed E-state index contributed by atoms with van der Waals surface area (Å²) >= 11 is 0. The maximum absolute atomic E-state index is 12.4. The van der Waals surface area contributed by atoms with Gasteiger partial charge < -0.3 is 9.88 Å². The molecule has 0 unspecified atom stereocenters. The molecule has 1 amide bonds. The van der Waals surface area contributed by atoms with Gasteiger partial charge in [-0.2, -0.15) is 0 Å². The Hall–Kier alpha value is -1.58. The van der Waals surface area contributed by atoms with Gasteiger partial charge in [0, 0.05) is 20.0 Å². The molecule has 1 aromatic rings. The molecule has 1 rings (SSSR count). The van der Waals surface area contributed by atoms with Crippen LogP contribution in [0, 0.1) is 11.8 Å². The highest BCUT2D eigenvalue weighted by Gasteiger charge is 2.19. The first-order chi connectivity index (χ1) is 8.81. The first-order valence-corrected chi connectivity index (χ1v) is 6.80. The van der Waals surface area contributed by atoms with Crippen molar-refractivity contribution in [3.63, 3.8) is 0 Å². The third-order valence-electron chi connectivity index (χ3n) is 2.75. The van der Waals surface area contributed by atoms with Gasteiger partial charge in [-0.15, -0.1) is 0 Å². The first kappa shape index (κ1) is 15.5. The summed E-state index contributed by atoms with van der Waals surface area (Å²) in [7, 11) is 0. The molecule has 1 N–H and O–H groups in total. The van der Waals surface area contributed by atoms with E-state index >= 15 is 0 Å². The molecule has 4 heteroatoms. The van der Waals surface area contributed by atoms with Crippen molar-refractivity contribution < 1.29 is 9.59 Å². The zero-order valence-electron chi connectivity index (χ0n) is 12.5. The molecule has 4 nitrogen and oxygen atoms in total. The number of aromatic amines is 1. The zero-order chi connectivity index (χ0) is 14.6. The molecule has 1 heterocycles. The fourth-order valence-corrected chi connectivity index (χ4v) is 2.02. The molecule has 0 atom stereocenters. The highest BCUT2D eigenvalue weighted by molar-refractivity contribution is 5.97. The number of rotatable bonds is 6. The minimum Gasteiger partial charge on any atom is -0.348 e. The smallest absolute Gasteiger partial charge is 0.270 e. The van der Waals surface area contributed by atoms with Crippen LogP contribution in [0.1, 0.15) is 55.6 Å². The van der Waals surface area contributed by atoms with Gasteiger partial charge in [0.25, 0.3) is 5.91 Å². The summed E-state index contributed by atoms with van der Waals surface area (Å²) in [5, 5.41) is 0. The minimum atomic E-state index is -0.0571. The Balaban J connectivity index is 2.87. The average molecular weight is 264 g/mol. The predicted molar refractivity (Wildman–Crippen MR) is 76.4 cm³/mol. The van der Waals surface area contributed by atoms with Crippen LogP contribution in [0.3, 0.4) is 0 Å². The highest BCUT2D eigenvalue weighted by atomic mass is 16.2. The SMILES string of the molecule is CC(=O)c1ccc(C(=O)N(CC(C)C)CC(C)C)[nH]1. The molecule has 0 saturated heterocycles. The molecule has 0 aliphatic heterocycles. The summed E-state index contributed by atoms with van der Waals surface area (Å²) < 4.78 is 0. The Morgan fingerprint density at radius 1 is 1.05 bits per heavy atom. The van der Waals surface area contributed by atoms with Crippen LogP contribution in [0.2, 0.25) is 0 Å². The number of nitrogens with zero attached hydrogens (tertiary/aromatic N) is 1. The summed E-state index contributed by atoms with van der Waals surface area (Å²) in [5.74, 6) is 0.753. The molecule has 0 saturated carbocycles. The lowest BCUT2D eigenvalue weighted by atomic mass is 10.1. The monoisotopic (exact) mass is 264 g/mol. The van der Waals surface area contributed by atoms with Gasteiger partial charge in [-0.3, -0.25) is 9.59 Å². The number of ketones is 1. The van der Waals surface area contributed by atoms with Crippen LogP contribution in [0.25, 0.3) is 0 Å². The summed E-state index contributed by atoms with van der Waals surface area (Å²) in [4.78, 5) is 28.4. The van der Waals surface area contributed by atoms with E-state index in [1.807, 2.05) is 4.90 Å². The molecule has 0 aromatic carbocycles. The molecular weight excluding hydrogens is 240 g/mol. The maximum atomic E-state index is 12.4. The average Bonchev–Trinajstić information content (AvgIpc) is 2.75. The van der Waals surface area contributed by atoms with E-state index in [1.54, 1.807) is 12.1 Å². The normalized spacial score (nSPS) is 11.1. The molecule has 0 radical (unpaired) electrons. The highest BCUT2D eigenvalue weighted by Crippen LogP contribution is 2.11. The molecule has 0 aliphatic rings. The second-order valence-corrected chi connectivity index (χ2v) is 5.84. The fraction of sp³-hybridized carbons (Fsp3) is 0.600. The van der Waals surface area contributed by atoms with Crippen molar-refractivity contribution in [2.24, 2.45) is 11.8 Å². The molecule has 1 aromatic heterocycles. The third-order valence-corrected chi connectivity index (χ3v) is 2.75. The molecule has 0 bridgehead atoms. The van der Waals surface area contributed by atoms with E-state index in [1.165, 1.54) is 6.92 Å². The van der Waals surface area contributed by atoms with Crippen LogP contribution in [0.5, 0.6) is 0 Å². The van der Waals surface area contributed by atoms with Gasteiger partial charge in [0.1, 0.15) is 5.69 Å². The van der Waals surface area contributed by atoms with Crippen LogP contribution in [0.15, 0.2) is 12.1 Å². The predicted octanol–water partition coefficient (Wildman–Crippen LogP) is 2.97. The lowest BCUT2D eigenvalue weighted by Gasteiger charge is -2.26. The molecule has 0 aliphatic carbocycles. The van der Waals surface area contributed by atoms with Gasteiger partial charge >= 0.3 is 0 Å². The van der Waals surface area contributed by atoms with E-state index in [0.29, 0.717) is 23.2 Å². The standard InChI is InChI=1S/C15H24N2O2/c1-10(2)8-17(9-11(3)4)15(19)14-7-6-13(16-14)12(5)18/h6-7,10-11,16H,8-9H2,1-5H3. The molecule has 0 spiro atoms. The van der Waals surface area contributed by atoms with Crippen LogP contribution >= 0.6 is 0 Å². The Labute approximate surface area is 115 Å². The largest absolute Gasteiger partial charge is 0.348 e. The molecule has 106 valence electrons. The zero-order valence-corrected chi connectivity index (χ0v) is 12.5. The second-order valence-electron chi connectivity index (χ2n) is 5.84. The summed E-state index contributed by atoms with van der Waals surface area (Å²) in [5.41, 5.74) is 0.976. The van der Waals surface area contributed by atoms with Crippen molar-refractivity contribution in [3.05, 3.63) is 23.5 Å². The Kier molecular flexibility index (Phi) is 5.33. The van der Waals surface area contributed by atoms with Crippen LogP contribution in [-0.4, -0.2) is 34.7 Å². The van der Waals surface area contributed by atoms with E-state index < -0.39 is 0 Å². The summed E-state index contributed by atoms with van der Waals surface area (Å²) in [6.07, 6.45) is 0. The number of carbonyl (C=O) groups is 2. The minimum absolute atomic E-state index is 0.0325. The van der Waals surface area contributed by atoms with Gasteiger partial charge in [-0.05, 0) is 24.0 Å². The fourth-order valence-electron chi connectivity index (χ4n) is 2.02. The summed E-state index contributed by atoms with van der Waals surface area (Å²) in [6, 6.07) is 3.35. The topological polar surface area (TPSA) is 53.2 Å². The van der Waals surface area contributed by atoms with E-state index in [4.69, 9.17) is 0 Å². The van der Waals surface area contributed by atoms with Gasteiger partial charge in [0.05, 0.1) is 5.69 Å². The van der Waals surface area contributed by atoms with E-state index in [9.17, 15) is 9.59 Å². The summed E-state index contributed by atoms with van der Waals surface area (Å²) in [6.45, 7) is 11.3. The van der Waals surface area contributed by atoms with E-state index in [0.717, 1.165) is 13.1 Å². The number of hydrogen-bond acceptors (Lipinski definition) is 2. The number of H-pyrrole nitrogens is 1. The number of Topliss-reactive ketones (excluding diaryl/α,β-unsaturated/α-hetero) is 1. The lowest BCUT2D eigenvalue weighted by molar-refractivity contribution is 0.0710. The van der Waals surface area contributed by atoms with Crippen molar-refractivity contribution in [2.75, 3.05) is 13.1 Å². The number of carbonyl (C=O) groups excluding carboxylic acids is 2. The maximum Gasteiger partial charge on any atom is 0.270 e. The Bertz CT molecular complexity index is 437. The Morgan fingerprint density at radius 2 is 1.53 bits per heavy atom. The quantitative estimate of drug-likeness (QED) is 0.803. The number of aromatic nitrogens is 1. The molecule has 19 heavy (non-hydrogen) atoms. The van der Waals surface area contributed by atoms with Crippen molar-refractivity contribution in [1.82, 2.24) is 9.88 Å². The lowest BCUT2D eigenvalue weighted by Crippen LogP contribution is -2.37. The van der Waals surface area contributed by atoms with Crippen molar-refractivity contribution in [2.45, 2.75) is 34.6 Å². The van der Waals surface area contributed by atoms with Gasteiger partial charge in [-0.1, -0.05) is 27.7 Å². The molecule has 0 fully saturated rings. The number of nitrogens with one attached hydrogen (secondary N) is 1. The Morgan fingerprint density at radius 3 is 1.89 bits per heavy atom. The van der Waals surface area contributed by atoms with Crippen LogP contribution in [0.4, 0.5) is 0 Å². The van der Waals surface area contributed by atoms with Crippen molar-refractivity contribution in [1.29, 1.82) is 0 Å². The third kappa shape index (κ3) is 4.54. The van der Waals surface area contributed by atoms with E-state index in [2.05, 4.69) is 32.7 Å². The molecular formula is C15H24N2O2. The van der Waals surface area contributed by atoms with Crippen LogP contribution < -0.4 is 0 Å². The first-order valence-electron chi connectivity index (χ1n) is 6.80. The van der Waals surface area contributed by atoms with E-state index in [-0.39, 0.29) is 11.7 Å². The van der Waals surface area contributed by atoms with Crippen LogP contribution in [-0.2, 0) is 0 Å². The van der Waals surface area contributed by atoms with Gasteiger partial charge in [0.2, 0.25) is 0 Å². The van der Waals surface area contributed by atoms with Crippen molar-refractivity contribution in [3.8, 4) is 0 Å². The number of hydrogen-bond donors (Lipinski definition) is 1. The second kappa shape index (κ2) is 6.55. The van der Waals surface area contributed by atoms with Gasteiger partial charge in [0.15, 0.2) is 5.78 Å². The van der Waals surface area contributed by atoms with Crippen molar-refractivity contribution >= 4 is 11.7 Å². The number of amides is 1. The van der Waals surface area contributed by atoms with Gasteiger partial charge in [-0.25, -0.2) is 0 Å².